The maximum absolute atomic E-state index is 10.9. The van der Waals surface area contributed by atoms with Crippen molar-refractivity contribution < 1.29 is 4.92 Å². The van der Waals surface area contributed by atoms with Crippen LogP contribution in [-0.4, -0.2) is 4.92 Å². The summed E-state index contributed by atoms with van der Waals surface area (Å²) in [5, 5.41) is 14.8. The zero-order valence-corrected chi connectivity index (χ0v) is 14.9. The van der Waals surface area contributed by atoms with E-state index in [2.05, 4.69) is 37.2 Å². The highest BCUT2D eigenvalue weighted by Crippen LogP contribution is 2.30. The highest BCUT2D eigenvalue weighted by Gasteiger charge is 2.12. The van der Waals surface area contributed by atoms with Crippen molar-refractivity contribution in [3.05, 3.63) is 65.5 Å². The van der Waals surface area contributed by atoms with Crippen molar-refractivity contribution in [3.63, 3.8) is 0 Å². The molecule has 0 spiro atoms. The van der Waals surface area contributed by atoms with Gasteiger partial charge in [0, 0.05) is 22.1 Å². The second kappa shape index (κ2) is 6.77. The molecule has 2 aromatic carbocycles. The van der Waals surface area contributed by atoms with E-state index >= 15 is 0 Å². The van der Waals surface area contributed by atoms with Crippen molar-refractivity contribution in [2.24, 2.45) is 0 Å². The van der Waals surface area contributed by atoms with Gasteiger partial charge in [-0.15, -0.1) is 0 Å². The van der Waals surface area contributed by atoms with Crippen LogP contribution in [0.4, 0.5) is 11.4 Å². The molecule has 0 radical (unpaired) electrons. The van der Waals surface area contributed by atoms with Crippen LogP contribution in [0.2, 0.25) is 5.02 Å². The Kier molecular flexibility index (Phi) is 5.24. The maximum Gasteiger partial charge on any atom is 0.283 e. The first-order valence-corrected chi connectivity index (χ1v) is 7.97. The van der Waals surface area contributed by atoms with Gasteiger partial charge in [-0.3, -0.25) is 10.1 Å². The lowest BCUT2D eigenvalue weighted by molar-refractivity contribution is -0.385. The molecule has 0 aliphatic rings. The summed E-state index contributed by atoms with van der Waals surface area (Å²) < 4.78 is 1.37. The Morgan fingerprint density at radius 1 is 1.24 bits per heavy atom. The van der Waals surface area contributed by atoms with Gasteiger partial charge in [0.25, 0.3) is 5.69 Å². The van der Waals surface area contributed by atoms with Gasteiger partial charge < -0.3 is 5.32 Å². The van der Waals surface area contributed by atoms with E-state index < -0.39 is 4.92 Å². The van der Waals surface area contributed by atoms with Crippen molar-refractivity contribution in [1.82, 2.24) is 0 Å². The van der Waals surface area contributed by atoms with Crippen LogP contribution < -0.4 is 5.32 Å². The molecule has 0 aliphatic heterocycles. The van der Waals surface area contributed by atoms with Gasteiger partial charge in [-0.2, -0.15) is 0 Å². The van der Waals surface area contributed by atoms with Gasteiger partial charge in [-0.1, -0.05) is 17.7 Å². The lowest BCUT2D eigenvalue weighted by Gasteiger charge is -2.11. The van der Waals surface area contributed by atoms with E-state index in [9.17, 15) is 10.1 Å². The number of nitrogens with one attached hydrogen (secondary N) is 1. The maximum atomic E-state index is 10.9. The second-order valence-electron chi connectivity index (χ2n) is 4.48. The zero-order chi connectivity index (χ0) is 15.6. The zero-order valence-electron chi connectivity index (χ0n) is 11.0. The fraction of sp³-hybridized carbons (Fsp3) is 0.143. The van der Waals surface area contributed by atoms with Crippen molar-refractivity contribution in [2.45, 2.75) is 13.5 Å². The van der Waals surface area contributed by atoms with Crippen molar-refractivity contribution >= 4 is 54.8 Å². The summed E-state index contributed by atoms with van der Waals surface area (Å²) in [6, 6.07) is 8.80. The molecule has 0 saturated carbocycles. The minimum atomic E-state index is -0.410. The predicted octanol–water partition coefficient (Wildman–Crippen LogP) is 5.69. The van der Waals surface area contributed by atoms with Gasteiger partial charge >= 0.3 is 0 Å². The SMILES string of the molecule is Cc1cc(Br)c(NCc2ccc(Br)c([N+](=O)[O-])c2)cc1Cl. The smallest absolute Gasteiger partial charge is 0.283 e. The predicted molar refractivity (Wildman–Crippen MR) is 92.0 cm³/mol. The number of nitro groups is 1. The molecule has 0 fully saturated rings. The first-order valence-electron chi connectivity index (χ1n) is 6.01. The summed E-state index contributed by atoms with van der Waals surface area (Å²) in [4.78, 5) is 10.5. The molecular formula is C14H11Br2ClN2O2. The summed E-state index contributed by atoms with van der Waals surface area (Å²) in [5.74, 6) is 0. The summed E-state index contributed by atoms with van der Waals surface area (Å²) in [7, 11) is 0. The molecule has 0 atom stereocenters. The third-order valence-electron chi connectivity index (χ3n) is 2.94. The van der Waals surface area contributed by atoms with Crippen LogP contribution in [-0.2, 0) is 6.54 Å². The number of hydrogen-bond acceptors (Lipinski definition) is 3. The molecule has 0 aliphatic carbocycles. The van der Waals surface area contributed by atoms with Crippen LogP contribution in [0.1, 0.15) is 11.1 Å². The van der Waals surface area contributed by atoms with E-state index in [1.807, 2.05) is 25.1 Å². The molecular weight excluding hydrogens is 423 g/mol. The van der Waals surface area contributed by atoms with Crippen molar-refractivity contribution in [3.8, 4) is 0 Å². The summed E-state index contributed by atoms with van der Waals surface area (Å²) in [6.45, 7) is 2.39. The van der Waals surface area contributed by atoms with Gasteiger partial charge in [0.2, 0.25) is 0 Å². The molecule has 7 heteroatoms. The number of hydrogen-bond donors (Lipinski definition) is 1. The standard InChI is InChI=1S/C14H11Br2ClN2O2/c1-8-4-11(16)13(6-12(8)17)18-7-9-2-3-10(15)14(5-9)19(20)21/h2-6,18H,7H2,1H3. The average Bonchev–Trinajstić information content (AvgIpc) is 2.42. The van der Waals surface area contributed by atoms with Crippen LogP contribution in [0.5, 0.6) is 0 Å². The lowest BCUT2D eigenvalue weighted by Crippen LogP contribution is -2.01. The monoisotopic (exact) mass is 432 g/mol. The number of anilines is 1. The largest absolute Gasteiger partial charge is 0.380 e. The quantitative estimate of drug-likeness (QED) is 0.497. The molecule has 2 rings (SSSR count). The van der Waals surface area contributed by atoms with Crippen molar-refractivity contribution in [2.75, 3.05) is 5.32 Å². The highest BCUT2D eigenvalue weighted by atomic mass is 79.9. The Labute approximate surface area is 143 Å². The summed E-state index contributed by atoms with van der Waals surface area (Å²) in [6.07, 6.45) is 0. The Balaban J connectivity index is 2.19. The number of benzene rings is 2. The number of rotatable bonds is 4. The van der Waals surface area contributed by atoms with Gasteiger partial charge in [-0.25, -0.2) is 0 Å². The van der Waals surface area contributed by atoms with Crippen LogP contribution in [0.15, 0.2) is 39.3 Å². The number of nitro benzene ring substituents is 1. The molecule has 21 heavy (non-hydrogen) atoms. The lowest BCUT2D eigenvalue weighted by atomic mass is 10.2. The number of aryl methyl sites for hydroxylation is 1. The second-order valence-corrected chi connectivity index (χ2v) is 6.59. The Morgan fingerprint density at radius 3 is 2.62 bits per heavy atom. The van der Waals surface area contributed by atoms with E-state index in [1.165, 1.54) is 0 Å². The molecule has 0 saturated heterocycles. The minimum absolute atomic E-state index is 0.0512. The summed E-state index contributed by atoms with van der Waals surface area (Å²) >= 11 is 12.7. The molecule has 4 nitrogen and oxygen atoms in total. The molecule has 0 unspecified atom stereocenters. The Morgan fingerprint density at radius 2 is 1.95 bits per heavy atom. The normalized spacial score (nSPS) is 10.5. The first kappa shape index (κ1) is 16.3. The Bertz CT molecular complexity index is 708. The summed E-state index contributed by atoms with van der Waals surface area (Å²) in [5.41, 5.74) is 2.69. The van der Waals surface area contributed by atoms with E-state index in [4.69, 9.17) is 11.6 Å². The van der Waals surface area contributed by atoms with Gasteiger partial charge in [0.15, 0.2) is 0 Å². The van der Waals surface area contributed by atoms with E-state index in [0.717, 1.165) is 21.3 Å². The van der Waals surface area contributed by atoms with Crippen LogP contribution in [0.3, 0.4) is 0 Å². The average molecular weight is 435 g/mol. The highest BCUT2D eigenvalue weighted by molar-refractivity contribution is 9.11. The number of nitrogens with zero attached hydrogens (tertiary/aromatic N) is 1. The van der Waals surface area contributed by atoms with Crippen LogP contribution >= 0.6 is 43.5 Å². The fourth-order valence-electron chi connectivity index (χ4n) is 1.79. The van der Waals surface area contributed by atoms with Crippen LogP contribution in [0, 0.1) is 17.0 Å². The van der Waals surface area contributed by atoms with Gasteiger partial charge in [-0.05, 0) is 68.1 Å². The number of halogens is 3. The molecule has 0 amide bonds. The molecule has 2 aromatic rings. The van der Waals surface area contributed by atoms with Gasteiger partial charge in [0.05, 0.1) is 15.1 Å². The van der Waals surface area contributed by atoms with Crippen molar-refractivity contribution in [1.29, 1.82) is 0 Å². The van der Waals surface area contributed by atoms with E-state index in [-0.39, 0.29) is 5.69 Å². The van der Waals surface area contributed by atoms with Crippen LogP contribution in [0.25, 0.3) is 0 Å². The molecule has 0 aromatic heterocycles. The van der Waals surface area contributed by atoms with E-state index in [0.29, 0.717) is 16.0 Å². The first-order chi connectivity index (χ1) is 9.88. The molecule has 1 N–H and O–H groups in total. The Hall–Kier alpha value is -1.11. The topological polar surface area (TPSA) is 55.2 Å². The molecule has 0 bridgehead atoms. The minimum Gasteiger partial charge on any atom is -0.380 e. The van der Waals surface area contributed by atoms with Gasteiger partial charge in [0.1, 0.15) is 0 Å². The molecule has 0 heterocycles. The molecule has 110 valence electrons. The third kappa shape index (κ3) is 3.96. The van der Waals surface area contributed by atoms with E-state index in [1.54, 1.807) is 12.1 Å². The third-order valence-corrected chi connectivity index (χ3v) is 4.67. The fourth-order valence-corrected chi connectivity index (χ4v) is 2.94.